The van der Waals surface area contributed by atoms with Crippen molar-refractivity contribution < 1.29 is 15.3 Å². The number of rotatable bonds is 1. The molecule has 0 saturated heterocycles. The summed E-state index contributed by atoms with van der Waals surface area (Å²) in [7, 11) is 0. The molecule has 3 heteroatoms. The molecule has 4 aromatic rings. The van der Waals surface area contributed by atoms with E-state index < -0.39 is 0 Å². The molecule has 0 unspecified atom stereocenters. The highest BCUT2D eigenvalue weighted by atomic mass is 16.3. The maximum absolute atomic E-state index is 9.58. The van der Waals surface area contributed by atoms with E-state index in [0.717, 1.165) is 10.8 Å². The van der Waals surface area contributed by atoms with Crippen LogP contribution >= 0.6 is 0 Å². The summed E-state index contributed by atoms with van der Waals surface area (Å²) < 4.78 is 0. The Morgan fingerprint density at radius 3 is 1.40 bits per heavy atom. The van der Waals surface area contributed by atoms with Gasteiger partial charge in [0.05, 0.1) is 0 Å². The summed E-state index contributed by atoms with van der Waals surface area (Å²) in [6, 6.07) is 27.2. The molecular weight excluding hydrogens is 312 g/mol. The number of para-hydroxylation sites is 2. The van der Waals surface area contributed by atoms with Crippen LogP contribution in [0.15, 0.2) is 91.0 Å². The third kappa shape index (κ3) is 3.72. The summed E-state index contributed by atoms with van der Waals surface area (Å²) in [4.78, 5) is 0. The van der Waals surface area contributed by atoms with Gasteiger partial charge in [0.25, 0.3) is 0 Å². The van der Waals surface area contributed by atoms with Crippen molar-refractivity contribution in [2.45, 2.75) is 0 Å². The molecular formula is C22H18O3. The van der Waals surface area contributed by atoms with Gasteiger partial charge in [0.2, 0.25) is 0 Å². The van der Waals surface area contributed by atoms with Crippen molar-refractivity contribution in [2.24, 2.45) is 0 Å². The normalized spacial score (nSPS) is 10.1. The average molecular weight is 330 g/mol. The molecule has 25 heavy (non-hydrogen) atoms. The Kier molecular flexibility index (Phi) is 4.86. The number of aromatic hydroxyl groups is 3. The summed E-state index contributed by atoms with van der Waals surface area (Å²) >= 11 is 0. The van der Waals surface area contributed by atoms with Crippen molar-refractivity contribution in [1.29, 1.82) is 0 Å². The third-order valence-corrected chi connectivity index (χ3v) is 3.86. The molecule has 0 radical (unpaired) electrons. The number of hydrogen-bond donors (Lipinski definition) is 3. The molecule has 0 aliphatic rings. The van der Waals surface area contributed by atoms with Gasteiger partial charge < -0.3 is 15.3 Å². The zero-order chi connectivity index (χ0) is 17.6. The molecule has 0 aliphatic carbocycles. The van der Waals surface area contributed by atoms with Crippen molar-refractivity contribution in [3.8, 4) is 28.4 Å². The molecule has 0 aromatic heterocycles. The van der Waals surface area contributed by atoms with E-state index in [2.05, 4.69) is 0 Å². The van der Waals surface area contributed by atoms with Crippen LogP contribution in [0.5, 0.6) is 17.2 Å². The molecule has 4 rings (SSSR count). The summed E-state index contributed by atoms with van der Waals surface area (Å²) in [5.41, 5.74) is 1.29. The van der Waals surface area contributed by atoms with Crippen LogP contribution in [0.1, 0.15) is 0 Å². The maximum atomic E-state index is 9.58. The average Bonchev–Trinajstić information content (AvgIpc) is 2.64. The quantitative estimate of drug-likeness (QED) is 0.443. The Hall–Kier alpha value is -3.46. The number of hydrogen-bond acceptors (Lipinski definition) is 3. The minimum Gasteiger partial charge on any atom is -0.507 e. The molecule has 0 atom stereocenters. The molecule has 0 spiro atoms. The fourth-order valence-electron chi connectivity index (χ4n) is 2.61. The van der Waals surface area contributed by atoms with Gasteiger partial charge in [-0.15, -0.1) is 0 Å². The standard InChI is InChI=1S/C12H10O2.C10H8O/c13-11-7-3-1-5-9(11)10-6-2-4-8-12(10)14;11-10-7-3-5-8-4-1-2-6-9(8)10/h1-8,13-14H;1-7,11H. The predicted octanol–water partition coefficient (Wildman–Crippen LogP) is 5.31. The van der Waals surface area contributed by atoms with Crippen molar-refractivity contribution in [3.63, 3.8) is 0 Å². The molecule has 0 amide bonds. The Labute approximate surface area is 146 Å². The largest absolute Gasteiger partial charge is 0.507 e. The summed E-state index contributed by atoms with van der Waals surface area (Å²) in [5.74, 6) is 0.700. The van der Waals surface area contributed by atoms with Gasteiger partial charge in [-0.05, 0) is 23.6 Å². The van der Waals surface area contributed by atoms with Gasteiger partial charge >= 0.3 is 0 Å². The molecule has 124 valence electrons. The van der Waals surface area contributed by atoms with Crippen LogP contribution in [-0.4, -0.2) is 15.3 Å². The highest BCUT2D eigenvalue weighted by molar-refractivity contribution is 5.87. The van der Waals surface area contributed by atoms with E-state index in [0.29, 0.717) is 16.9 Å². The monoisotopic (exact) mass is 330 g/mol. The van der Waals surface area contributed by atoms with Gasteiger partial charge in [0.15, 0.2) is 0 Å². The Morgan fingerprint density at radius 2 is 0.840 bits per heavy atom. The number of phenolic OH excluding ortho intramolecular Hbond substituents is 3. The highest BCUT2D eigenvalue weighted by Gasteiger charge is 2.06. The fraction of sp³-hybridized carbons (Fsp3) is 0. The first kappa shape index (κ1) is 16.4. The second-order valence-corrected chi connectivity index (χ2v) is 5.53. The lowest BCUT2D eigenvalue weighted by Crippen LogP contribution is -1.79. The van der Waals surface area contributed by atoms with Crippen LogP contribution in [0.4, 0.5) is 0 Å². The molecule has 3 N–H and O–H groups in total. The van der Waals surface area contributed by atoms with E-state index in [1.807, 2.05) is 48.5 Å². The van der Waals surface area contributed by atoms with Gasteiger partial charge in [0, 0.05) is 16.5 Å². The Bertz CT molecular complexity index is 944. The molecule has 0 aliphatic heterocycles. The van der Waals surface area contributed by atoms with Gasteiger partial charge in [-0.2, -0.15) is 0 Å². The van der Waals surface area contributed by atoms with Gasteiger partial charge in [-0.1, -0.05) is 72.8 Å². The SMILES string of the molecule is Oc1cccc2ccccc12.Oc1ccccc1-c1ccccc1O. The minimum atomic E-state index is 0.175. The smallest absolute Gasteiger partial charge is 0.123 e. The Balaban J connectivity index is 0.000000150. The van der Waals surface area contributed by atoms with Gasteiger partial charge in [0.1, 0.15) is 17.2 Å². The first-order valence-corrected chi connectivity index (χ1v) is 7.90. The lowest BCUT2D eigenvalue weighted by molar-refractivity contribution is 0.469. The molecule has 0 saturated carbocycles. The minimum absolute atomic E-state index is 0.175. The lowest BCUT2D eigenvalue weighted by atomic mass is 10.0. The predicted molar refractivity (Wildman–Crippen MR) is 101 cm³/mol. The third-order valence-electron chi connectivity index (χ3n) is 3.86. The summed E-state index contributed by atoms with van der Waals surface area (Å²) in [5, 5.41) is 30.5. The highest BCUT2D eigenvalue weighted by Crippen LogP contribution is 2.34. The lowest BCUT2D eigenvalue weighted by Gasteiger charge is -2.05. The van der Waals surface area contributed by atoms with E-state index in [-0.39, 0.29) is 11.5 Å². The van der Waals surface area contributed by atoms with Crippen molar-refractivity contribution >= 4 is 10.8 Å². The maximum Gasteiger partial charge on any atom is 0.123 e. The topological polar surface area (TPSA) is 60.7 Å². The zero-order valence-electron chi connectivity index (χ0n) is 13.5. The number of phenols is 3. The second-order valence-electron chi connectivity index (χ2n) is 5.53. The molecule has 0 fully saturated rings. The van der Waals surface area contributed by atoms with Crippen LogP contribution in [0.2, 0.25) is 0 Å². The molecule has 3 nitrogen and oxygen atoms in total. The van der Waals surface area contributed by atoms with Crippen molar-refractivity contribution in [3.05, 3.63) is 91.0 Å². The second kappa shape index (κ2) is 7.41. The van der Waals surface area contributed by atoms with Gasteiger partial charge in [-0.25, -0.2) is 0 Å². The van der Waals surface area contributed by atoms with E-state index in [4.69, 9.17) is 0 Å². The van der Waals surface area contributed by atoms with E-state index >= 15 is 0 Å². The zero-order valence-corrected chi connectivity index (χ0v) is 13.5. The summed E-state index contributed by atoms with van der Waals surface area (Å²) in [6.45, 7) is 0. The first-order chi connectivity index (χ1) is 12.2. The van der Waals surface area contributed by atoms with Crippen LogP contribution in [0.25, 0.3) is 21.9 Å². The summed E-state index contributed by atoms with van der Waals surface area (Å²) in [6.07, 6.45) is 0. The van der Waals surface area contributed by atoms with E-state index in [9.17, 15) is 15.3 Å². The van der Waals surface area contributed by atoms with Crippen LogP contribution < -0.4 is 0 Å². The molecule has 0 bridgehead atoms. The number of fused-ring (bicyclic) bond motifs is 1. The van der Waals surface area contributed by atoms with Crippen molar-refractivity contribution in [1.82, 2.24) is 0 Å². The van der Waals surface area contributed by atoms with Crippen LogP contribution in [-0.2, 0) is 0 Å². The van der Waals surface area contributed by atoms with E-state index in [1.165, 1.54) is 0 Å². The van der Waals surface area contributed by atoms with Crippen LogP contribution in [0, 0.1) is 0 Å². The van der Waals surface area contributed by atoms with E-state index in [1.54, 1.807) is 42.5 Å². The fourth-order valence-corrected chi connectivity index (χ4v) is 2.61. The van der Waals surface area contributed by atoms with Crippen molar-refractivity contribution in [2.75, 3.05) is 0 Å². The van der Waals surface area contributed by atoms with Crippen LogP contribution in [0.3, 0.4) is 0 Å². The molecule has 4 aromatic carbocycles. The molecule has 0 heterocycles. The Morgan fingerprint density at radius 1 is 0.400 bits per heavy atom. The number of benzene rings is 4. The first-order valence-electron chi connectivity index (χ1n) is 7.90. The van der Waals surface area contributed by atoms with Gasteiger partial charge in [-0.3, -0.25) is 0 Å².